The Labute approximate surface area is 236 Å². The minimum atomic E-state index is -3.77. The predicted octanol–water partition coefficient (Wildman–Crippen LogP) is 5.04. The van der Waals surface area contributed by atoms with E-state index in [-0.39, 0.29) is 54.0 Å². The molecule has 3 aliphatic heterocycles. The highest BCUT2D eigenvalue weighted by Crippen LogP contribution is 2.50. The number of carbonyl (C=O) groups excluding carboxylic acids is 2. The summed E-state index contributed by atoms with van der Waals surface area (Å²) in [5, 5.41) is 3.20. The Morgan fingerprint density at radius 2 is 1.76 bits per heavy atom. The van der Waals surface area contributed by atoms with Gasteiger partial charge >= 0.3 is 12.3 Å². The van der Waals surface area contributed by atoms with Crippen LogP contribution in [0.3, 0.4) is 0 Å². The highest BCUT2D eigenvalue weighted by molar-refractivity contribution is 5.90. The molecule has 0 saturated heterocycles. The normalized spacial score (nSPS) is 28.9. The third-order valence-corrected chi connectivity index (χ3v) is 8.68. The molecule has 3 atom stereocenters. The summed E-state index contributed by atoms with van der Waals surface area (Å²) in [6.45, 7) is 3.93. The van der Waals surface area contributed by atoms with Gasteiger partial charge < -0.3 is 33.7 Å². The highest BCUT2D eigenvalue weighted by atomic mass is 19.3. The van der Waals surface area contributed by atoms with Gasteiger partial charge in [0.05, 0.1) is 25.7 Å². The molecule has 4 aliphatic rings. The maximum atomic E-state index is 13.9. The summed E-state index contributed by atoms with van der Waals surface area (Å²) < 4.78 is 59.3. The summed E-state index contributed by atoms with van der Waals surface area (Å²) in [7, 11) is 1.58. The zero-order valence-electron chi connectivity index (χ0n) is 23.2. The number of halogens is 2. The Morgan fingerprint density at radius 1 is 1.02 bits per heavy atom. The van der Waals surface area contributed by atoms with Crippen molar-refractivity contribution in [2.75, 3.05) is 20.3 Å². The van der Waals surface area contributed by atoms with Gasteiger partial charge in [-0.1, -0.05) is 0 Å². The van der Waals surface area contributed by atoms with Gasteiger partial charge in [0.15, 0.2) is 11.5 Å². The molecule has 41 heavy (non-hydrogen) atoms. The number of alkyl halides is 2. The molecule has 11 heteroatoms. The number of ether oxygens (including phenoxy) is 6. The molecule has 1 aliphatic carbocycles. The van der Waals surface area contributed by atoms with Gasteiger partial charge in [0, 0.05) is 29.7 Å². The Morgan fingerprint density at radius 3 is 2.46 bits per heavy atom. The second kappa shape index (κ2) is 10.3. The quantitative estimate of drug-likeness (QED) is 0.480. The van der Waals surface area contributed by atoms with E-state index in [1.54, 1.807) is 14.0 Å². The van der Waals surface area contributed by atoms with Crippen LogP contribution in [0.15, 0.2) is 30.3 Å². The van der Waals surface area contributed by atoms with Crippen LogP contribution in [0.4, 0.5) is 8.78 Å². The van der Waals surface area contributed by atoms with Gasteiger partial charge in [-0.3, -0.25) is 9.59 Å². The molecule has 1 fully saturated rings. The number of benzene rings is 2. The predicted molar refractivity (Wildman–Crippen MR) is 140 cm³/mol. The number of rotatable bonds is 6. The van der Waals surface area contributed by atoms with E-state index >= 15 is 0 Å². The molecule has 0 unspecified atom stereocenters. The molecule has 9 nitrogen and oxygen atoms in total. The molecule has 0 aromatic heterocycles. The fourth-order valence-electron chi connectivity index (χ4n) is 6.35. The molecule has 2 aromatic carbocycles. The van der Waals surface area contributed by atoms with Crippen molar-refractivity contribution in [2.45, 2.75) is 69.8 Å². The van der Waals surface area contributed by atoms with Crippen molar-refractivity contribution in [2.24, 2.45) is 11.8 Å². The van der Waals surface area contributed by atoms with Gasteiger partial charge in [0.2, 0.25) is 5.91 Å². The lowest BCUT2D eigenvalue weighted by Gasteiger charge is -2.40. The molecular weight excluding hydrogens is 540 g/mol. The van der Waals surface area contributed by atoms with E-state index in [9.17, 15) is 18.4 Å². The molecule has 1 saturated carbocycles. The third kappa shape index (κ3) is 4.99. The van der Waals surface area contributed by atoms with Crippen LogP contribution in [0.1, 0.15) is 63.1 Å². The summed E-state index contributed by atoms with van der Waals surface area (Å²) in [6, 6.07) is 7.89. The second-order valence-corrected chi connectivity index (χ2v) is 11.3. The number of esters is 1. The summed E-state index contributed by atoms with van der Waals surface area (Å²) in [6.07, 6.45) is -0.335. The number of carbonyl (C=O) groups is 2. The number of hydrogen-bond donors (Lipinski definition) is 1. The zero-order valence-corrected chi connectivity index (χ0v) is 23.2. The van der Waals surface area contributed by atoms with Crippen molar-refractivity contribution in [3.05, 3.63) is 41.5 Å². The topological polar surface area (TPSA) is 102 Å². The van der Waals surface area contributed by atoms with Gasteiger partial charge in [-0.15, -0.1) is 8.78 Å². The van der Waals surface area contributed by atoms with Crippen LogP contribution in [0.5, 0.6) is 28.7 Å². The molecule has 0 spiro atoms. The number of nitrogens with one attached hydrogen (secondary N) is 1. The van der Waals surface area contributed by atoms with Gasteiger partial charge in [0.25, 0.3) is 0 Å². The van der Waals surface area contributed by atoms with Crippen LogP contribution >= 0.6 is 0 Å². The Balaban J connectivity index is 1.22. The van der Waals surface area contributed by atoms with Crippen LogP contribution in [-0.4, -0.2) is 44.6 Å². The summed E-state index contributed by atoms with van der Waals surface area (Å²) >= 11 is 0. The highest BCUT2D eigenvalue weighted by Gasteiger charge is 2.49. The fourth-order valence-corrected chi connectivity index (χ4v) is 6.35. The van der Waals surface area contributed by atoms with Crippen molar-refractivity contribution in [1.82, 2.24) is 5.32 Å². The van der Waals surface area contributed by atoms with Crippen molar-refractivity contribution in [3.63, 3.8) is 0 Å². The van der Waals surface area contributed by atoms with E-state index in [2.05, 4.69) is 14.8 Å². The number of methoxy groups -OCH3 is 1. The molecule has 3 heterocycles. The fraction of sp³-hybridized carbons (Fsp3) is 0.533. The molecular formula is C30H33F2NO8. The standard InChI is InChI=1S/C30H33F2NO8/c1-4-37-27(34)17-7-5-16(6-8-17)22-13-21(19-10-9-18(36-3)11-23(19)39-22)33-28(35)29(2)15-38-24-14-26-25(12-20(24)29)40-30(31,32)41-26/h9-12,14,16-17,21-22H,4-8,13,15H2,1-3H3,(H,33,35)/t16-,17-,21-,22-,29+/m1/s1. The van der Waals surface area contributed by atoms with Crippen LogP contribution in [0, 0.1) is 11.8 Å². The van der Waals surface area contributed by atoms with E-state index in [0.29, 0.717) is 35.8 Å². The van der Waals surface area contributed by atoms with E-state index in [1.165, 1.54) is 12.1 Å². The molecule has 1 amide bonds. The molecule has 1 N–H and O–H groups in total. The van der Waals surface area contributed by atoms with Gasteiger partial charge in [-0.2, -0.15) is 0 Å². The average molecular weight is 574 g/mol. The third-order valence-electron chi connectivity index (χ3n) is 8.68. The molecule has 220 valence electrons. The van der Waals surface area contributed by atoms with Gasteiger partial charge in [-0.25, -0.2) is 0 Å². The summed E-state index contributed by atoms with van der Waals surface area (Å²) in [5.74, 6) is 0.954. The van der Waals surface area contributed by atoms with Crippen molar-refractivity contribution in [3.8, 4) is 28.7 Å². The van der Waals surface area contributed by atoms with Gasteiger partial charge in [0.1, 0.15) is 35.4 Å². The van der Waals surface area contributed by atoms with Gasteiger partial charge in [-0.05, 0) is 63.6 Å². The van der Waals surface area contributed by atoms with Crippen LogP contribution in [0.25, 0.3) is 0 Å². The van der Waals surface area contributed by atoms with E-state index in [0.717, 1.165) is 31.2 Å². The smallest absolute Gasteiger partial charge is 0.497 e. The molecule has 2 aromatic rings. The Hall–Kier alpha value is -3.76. The molecule has 0 bridgehead atoms. The minimum absolute atomic E-state index is 0.0352. The van der Waals surface area contributed by atoms with E-state index in [1.807, 2.05) is 25.1 Å². The lowest BCUT2D eigenvalue weighted by molar-refractivity contribution is -0.286. The molecule has 0 radical (unpaired) electrons. The lowest BCUT2D eigenvalue weighted by Crippen LogP contribution is -2.47. The minimum Gasteiger partial charge on any atom is -0.497 e. The SMILES string of the molecule is CCOC(=O)[C@H]1CC[C@H]([C@H]2C[C@@H](NC(=O)[C@@]3(C)COc4cc5c(cc43)OC(F)(F)O5)c3ccc(OC)cc3O2)CC1. The van der Waals surface area contributed by atoms with E-state index < -0.39 is 11.7 Å². The van der Waals surface area contributed by atoms with Crippen molar-refractivity contribution >= 4 is 11.9 Å². The lowest BCUT2D eigenvalue weighted by atomic mass is 9.76. The van der Waals surface area contributed by atoms with E-state index in [4.69, 9.17) is 18.9 Å². The maximum absolute atomic E-state index is 13.9. The second-order valence-electron chi connectivity index (χ2n) is 11.3. The summed E-state index contributed by atoms with van der Waals surface area (Å²) in [5.41, 5.74) is 0.124. The Bertz CT molecular complexity index is 1360. The zero-order chi connectivity index (χ0) is 28.9. The van der Waals surface area contributed by atoms with Crippen LogP contribution in [0.2, 0.25) is 0 Å². The molecule has 6 rings (SSSR count). The first-order valence-corrected chi connectivity index (χ1v) is 14.0. The van der Waals surface area contributed by atoms with Crippen LogP contribution < -0.4 is 29.0 Å². The number of amides is 1. The maximum Gasteiger partial charge on any atom is 0.586 e. The average Bonchev–Trinajstić information content (AvgIpc) is 3.45. The first kappa shape index (κ1) is 27.4. The van der Waals surface area contributed by atoms with Crippen molar-refractivity contribution in [1.29, 1.82) is 0 Å². The first-order chi connectivity index (χ1) is 19.6. The Kier molecular flexibility index (Phi) is 6.86. The van der Waals surface area contributed by atoms with Crippen molar-refractivity contribution < 1.29 is 46.8 Å². The largest absolute Gasteiger partial charge is 0.586 e. The van der Waals surface area contributed by atoms with Crippen LogP contribution in [-0.2, 0) is 19.7 Å². The first-order valence-electron chi connectivity index (χ1n) is 14.0. The monoisotopic (exact) mass is 573 g/mol. The summed E-state index contributed by atoms with van der Waals surface area (Å²) in [4.78, 5) is 26.1. The number of fused-ring (bicyclic) bond motifs is 3. The number of hydrogen-bond acceptors (Lipinski definition) is 8.